The van der Waals surface area contributed by atoms with Crippen LogP contribution in [-0.4, -0.2) is 27.4 Å². The number of fused-ring (bicyclic) bond motifs is 1. The molecule has 0 heterocycles. The number of hydrogen-bond acceptors (Lipinski definition) is 3. The van der Waals surface area contributed by atoms with Gasteiger partial charge in [-0.2, -0.15) is 0 Å². The van der Waals surface area contributed by atoms with E-state index in [0.717, 1.165) is 12.2 Å². The predicted molar refractivity (Wildman–Crippen MR) is 76.0 cm³/mol. The van der Waals surface area contributed by atoms with Gasteiger partial charge in [0.15, 0.2) is 0 Å². The van der Waals surface area contributed by atoms with E-state index >= 15 is 0 Å². The Hall–Kier alpha value is -1.06. The van der Waals surface area contributed by atoms with E-state index < -0.39 is 0 Å². The first-order valence-electron chi connectivity index (χ1n) is 6.86. The van der Waals surface area contributed by atoms with Crippen molar-refractivity contribution < 1.29 is 14.2 Å². The molecule has 1 atom stereocenters. The summed E-state index contributed by atoms with van der Waals surface area (Å²) in [6, 6.07) is 4.38. The maximum atomic E-state index is 6.00. The van der Waals surface area contributed by atoms with Gasteiger partial charge >= 0.3 is 0 Å². The summed E-state index contributed by atoms with van der Waals surface area (Å²) in [5.41, 5.74) is 3.57. The van der Waals surface area contributed by atoms with Crippen LogP contribution >= 0.6 is 0 Å². The fraction of sp³-hybridized carbons (Fsp3) is 0.625. The fourth-order valence-electron chi connectivity index (χ4n) is 2.86. The van der Waals surface area contributed by atoms with E-state index in [9.17, 15) is 0 Å². The Morgan fingerprint density at radius 2 is 1.95 bits per heavy atom. The highest BCUT2D eigenvalue weighted by molar-refractivity contribution is 5.56. The van der Waals surface area contributed by atoms with E-state index in [2.05, 4.69) is 32.9 Å². The molecule has 1 aromatic rings. The van der Waals surface area contributed by atoms with Crippen LogP contribution in [0.2, 0.25) is 0 Å². The summed E-state index contributed by atoms with van der Waals surface area (Å²) < 4.78 is 16.7. The van der Waals surface area contributed by atoms with Crippen molar-refractivity contribution in [3.05, 3.63) is 28.8 Å². The lowest BCUT2D eigenvalue weighted by Gasteiger charge is -2.42. The van der Waals surface area contributed by atoms with Crippen molar-refractivity contribution in [1.29, 1.82) is 0 Å². The molecule has 0 amide bonds. The summed E-state index contributed by atoms with van der Waals surface area (Å²) in [5, 5.41) is 0. The van der Waals surface area contributed by atoms with Crippen LogP contribution in [0.5, 0.6) is 5.75 Å². The normalized spacial score (nSPS) is 21.2. The molecule has 1 aromatic carbocycles. The van der Waals surface area contributed by atoms with E-state index in [0.29, 0.717) is 19.1 Å². The van der Waals surface area contributed by atoms with Crippen molar-refractivity contribution in [2.75, 3.05) is 27.4 Å². The van der Waals surface area contributed by atoms with Gasteiger partial charge in [0.1, 0.15) is 5.75 Å². The molecule has 0 N–H and O–H groups in total. The Bertz CT molecular complexity index is 454. The van der Waals surface area contributed by atoms with Crippen LogP contribution < -0.4 is 4.74 Å². The summed E-state index contributed by atoms with van der Waals surface area (Å²) in [6.07, 6.45) is 0.945. The van der Waals surface area contributed by atoms with Crippen molar-refractivity contribution in [1.82, 2.24) is 0 Å². The van der Waals surface area contributed by atoms with Crippen molar-refractivity contribution in [3.63, 3.8) is 0 Å². The predicted octanol–water partition coefficient (Wildman–Crippen LogP) is 3.25. The smallest absolute Gasteiger partial charge is 0.128 e. The molecule has 0 aliphatic heterocycles. The highest BCUT2D eigenvalue weighted by Gasteiger charge is 2.43. The van der Waals surface area contributed by atoms with Gasteiger partial charge in [0.25, 0.3) is 0 Å². The molecule has 0 fully saturated rings. The first-order valence-corrected chi connectivity index (χ1v) is 6.86. The zero-order valence-electron chi connectivity index (χ0n) is 12.6. The van der Waals surface area contributed by atoms with Crippen LogP contribution in [0.1, 0.15) is 43.4 Å². The Labute approximate surface area is 115 Å². The zero-order valence-corrected chi connectivity index (χ0v) is 12.6. The van der Waals surface area contributed by atoms with Gasteiger partial charge in [-0.05, 0) is 24.0 Å². The van der Waals surface area contributed by atoms with Gasteiger partial charge in [-0.25, -0.2) is 0 Å². The molecule has 3 nitrogen and oxygen atoms in total. The molecule has 0 aromatic heterocycles. The first kappa shape index (κ1) is 14.4. The van der Waals surface area contributed by atoms with Crippen molar-refractivity contribution >= 4 is 0 Å². The van der Waals surface area contributed by atoms with Gasteiger partial charge in [-0.1, -0.05) is 26.0 Å². The standard InChI is InChI=1S/C16H24O3/c1-11(2)13-7-6-12-10-16(3,19-9-8-17-4)14(12)15(13)18-5/h6-7,11H,8-10H2,1-5H3. The molecular weight excluding hydrogens is 240 g/mol. The molecule has 2 rings (SSSR count). The molecule has 1 unspecified atom stereocenters. The second kappa shape index (κ2) is 5.51. The number of ether oxygens (including phenoxy) is 3. The highest BCUT2D eigenvalue weighted by atomic mass is 16.5. The summed E-state index contributed by atoms with van der Waals surface area (Å²) in [6.45, 7) is 7.74. The summed E-state index contributed by atoms with van der Waals surface area (Å²) in [7, 11) is 3.44. The molecule has 0 saturated carbocycles. The molecule has 0 radical (unpaired) electrons. The maximum Gasteiger partial charge on any atom is 0.128 e. The zero-order chi connectivity index (χ0) is 14.0. The summed E-state index contributed by atoms with van der Waals surface area (Å²) >= 11 is 0. The van der Waals surface area contributed by atoms with Crippen LogP contribution in [0.4, 0.5) is 0 Å². The Kier molecular flexibility index (Phi) is 4.16. The Morgan fingerprint density at radius 3 is 2.53 bits per heavy atom. The first-order chi connectivity index (χ1) is 9.03. The van der Waals surface area contributed by atoms with Crippen molar-refractivity contribution in [3.8, 4) is 5.75 Å². The lowest BCUT2D eigenvalue weighted by atomic mass is 9.72. The fourth-order valence-corrected chi connectivity index (χ4v) is 2.86. The minimum Gasteiger partial charge on any atom is -0.496 e. The molecular formula is C16H24O3. The minimum atomic E-state index is -0.232. The molecule has 1 aliphatic rings. The maximum absolute atomic E-state index is 6.00. The average molecular weight is 264 g/mol. The van der Waals surface area contributed by atoms with E-state index in [-0.39, 0.29) is 5.60 Å². The number of benzene rings is 1. The molecule has 1 aliphatic carbocycles. The minimum absolute atomic E-state index is 0.232. The molecule has 19 heavy (non-hydrogen) atoms. The second-order valence-corrected chi connectivity index (χ2v) is 5.63. The van der Waals surface area contributed by atoms with Gasteiger partial charge in [0.2, 0.25) is 0 Å². The molecule has 0 saturated heterocycles. The van der Waals surface area contributed by atoms with E-state index in [1.807, 2.05) is 0 Å². The third-order valence-electron chi connectivity index (χ3n) is 3.87. The Balaban J connectivity index is 2.30. The van der Waals surface area contributed by atoms with Crippen molar-refractivity contribution in [2.45, 2.75) is 38.7 Å². The quantitative estimate of drug-likeness (QED) is 0.738. The van der Waals surface area contributed by atoms with Gasteiger partial charge in [0, 0.05) is 19.1 Å². The third kappa shape index (κ3) is 2.49. The average Bonchev–Trinajstić information content (AvgIpc) is 2.36. The molecule has 0 bridgehead atoms. The van der Waals surface area contributed by atoms with Crippen molar-refractivity contribution in [2.24, 2.45) is 0 Å². The number of methoxy groups -OCH3 is 2. The number of hydrogen-bond donors (Lipinski definition) is 0. The summed E-state index contributed by atoms with van der Waals surface area (Å²) in [5.74, 6) is 1.45. The molecule has 3 heteroatoms. The third-order valence-corrected chi connectivity index (χ3v) is 3.87. The summed E-state index contributed by atoms with van der Waals surface area (Å²) in [4.78, 5) is 0. The van der Waals surface area contributed by atoms with Crippen LogP contribution in [0, 0.1) is 0 Å². The SMILES string of the molecule is COCCOC1(C)Cc2ccc(C(C)C)c(OC)c21. The topological polar surface area (TPSA) is 27.7 Å². The van der Waals surface area contributed by atoms with Crippen LogP contribution in [-0.2, 0) is 21.5 Å². The van der Waals surface area contributed by atoms with Crippen LogP contribution in [0.25, 0.3) is 0 Å². The van der Waals surface area contributed by atoms with Crippen LogP contribution in [0.15, 0.2) is 12.1 Å². The van der Waals surface area contributed by atoms with E-state index in [4.69, 9.17) is 14.2 Å². The number of rotatable bonds is 6. The lowest BCUT2D eigenvalue weighted by molar-refractivity contribution is -0.0720. The van der Waals surface area contributed by atoms with Gasteiger partial charge in [-0.15, -0.1) is 0 Å². The lowest BCUT2D eigenvalue weighted by Crippen LogP contribution is -2.40. The van der Waals surface area contributed by atoms with Gasteiger partial charge in [-0.3, -0.25) is 0 Å². The highest BCUT2D eigenvalue weighted by Crippen LogP contribution is 2.49. The molecule has 0 spiro atoms. The largest absolute Gasteiger partial charge is 0.496 e. The monoisotopic (exact) mass is 264 g/mol. The van der Waals surface area contributed by atoms with Crippen LogP contribution in [0.3, 0.4) is 0 Å². The van der Waals surface area contributed by atoms with E-state index in [1.165, 1.54) is 16.7 Å². The Morgan fingerprint density at radius 1 is 1.21 bits per heavy atom. The molecule has 106 valence electrons. The van der Waals surface area contributed by atoms with Gasteiger partial charge in [0.05, 0.1) is 25.9 Å². The van der Waals surface area contributed by atoms with Gasteiger partial charge < -0.3 is 14.2 Å². The van der Waals surface area contributed by atoms with E-state index in [1.54, 1.807) is 14.2 Å². The second-order valence-electron chi connectivity index (χ2n) is 5.63.